The molecule has 0 unspecified atom stereocenters. The van der Waals surface area contributed by atoms with Crippen LogP contribution in [0.25, 0.3) is 66.1 Å². The van der Waals surface area contributed by atoms with E-state index in [0.29, 0.717) is 0 Å². The average Bonchev–Trinajstić information content (AvgIpc) is 3.89. The number of fused-ring (bicyclic) bond motifs is 6. The Morgan fingerprint density at radius 1 is 0.348 bits per heavy atom. The predicted molar refractivity (Wildman–Crippen MR) is 271 cm³/mol. The van der Waals surface area contributed by atoms with E-state index >= 15 is 0 Å². The van der Waals surface area contributed by atoms with Crippen molar-refractivity contribution < 1.29 is 8.78 Å². The monoisotopic (exact) mass is 856 g/mol. The van der Waals surface area contributed by atoms with Crippen molar-refractivity contribution in [2.45, 2.75) is 12.8 Å². The lowest BCUT2D eigenvalue weighted by Gasteiger charge is -2.26. The number of rotatable bonds is 9. The first kappa shape index (κ1) is 39.1. The maximum absolute atomic E-state index is 14.4. The summed E-state index contributed by atoms with van der Waals surface area (Å²) in [5.41, 5.74) is 14.5. The van der Waals surface area contributed by atoms with Gasteiger partial charge in [0.25, 0.3) is 0 Å². The van der Waals surface area contributed by atoms with Crippen LogP contribution in [0.5, 0.6) is 0 Å². The Hall–Kier alpha value is -8.48. The highest BCUT2D eigenvalue weighted by Gasteiger charge is 2.20. The van der Waals surface area contributed by atoms with E-state index in [-0.39, 0.29) is 11.6 Å². The van der Waals surface area contributed by atoms with Gasteiger partial charge >= 0.3 is 0 Å². The van der Waals surface area contributed by atoms with Crippen molar-refractivity contribution in [1.29, 1.82) is 0 Å². The topological polar surface area (TPSA) is 16.3 Å². The second-order valence-electron chi connectivity index (χ2n) is 16.8. The van der Waals surface area contributed by atoms with Crippen LogP contribution in [0.2, 0.25) is 0 Å². The number of hydrogen-bond donors (Lipinski definition) is 0. The zero-order chi connectivity index (χ0) is 44.1. The zero-order valence-corrected chi connectivity index (χ0v) is 35.9. The zero-order valence-electron chi connectivity index (χ0n) is 35.9. The number of benzene rings is 9. The summed E-state index contributed by atoms with van der Waals surface area (Å²) in [4.78, 5) is 4.37. The molecule has 0 amide bonds. The number of anilines is 6. The second kappa shape index (κ2) is 16.3. The van der Waals surface area contributed by atoms with Crippen LogP contribution < -0.4 is 9.80 Å². The molecule has 4 nitrogen and oxygen atoms in total. The summed E-state index contributed by atoms with van der Waals surface area (Å²) in [7, 11) is 0. The molecule has 0 bridgehead atoms. The van der Waals surface area contributed by atoms with Crippen LogP contribution in [0.4, 0.5) is 42.9 Å². The Kier molecular flexibility index (Phi) is 9.64. The van der Waals surface area contributed by atoms with Crippen LogP contribution in [0.3, 0.4) is 0 Å². The highest BCUT2D eigenvalue weighted by molar-refractivity contribution is 6.12. The molecule has 0 aliphatic heterocycles. The van der Waals surface area contributed by atoms with Gasteiger partial charge in [-0.3, -0.25) is 0 Å². The Labute approximate surface area is 381 Å². The van der Waals surface area contributed by atoms with Crippen LogP contribution in [0.15, 0.2) is 231 Å². The molecule has 0 atom stereocenters. The van der Waals surface area contributed by atoms with Crippen molar-refractivity contribution in [3.05, 3.63) is 242 Å². The lowest BCUT2D eigenvalue weighted by Crippen LogP contribution is -2.10. The third kappa shape index (κ3) is 6.82. The molecular formula is C60H42F2N4. The molecule has 11 aromatic rings. The number of aromatic nitrogens is 2. The van der Waals surface area contributed by atoms with Gasteiger partial charge < -0.3 is 18.9 Å². The molecular weight excluding hydrogens is 815 g/mol. The number of para-hydroxylation sites is 3. The lowest BCUT2D eigenvalue weighted by atomic mass is 10.0. The van der Waals surface area contributed by atoms with Gasteiger partial charge in [-0.05, 0) is 164 Å². The van der Waals surface area contributed by atoms with Gasteiger partial charge in [-0.25, -0.2) is 8.78 Å². The van der Waals surface area contributed by atoms with Gasteiger partial charge in [-0.1, -0.05) is 91.0 Å². The predicted octanol–water partition coefficient (Wildman–Crippen LogP) is 17.0. The molecule has 0 spiro atoms. The van der Waals surface area contributed by atoms with Gasteiger partial charge in [0.15, 0.2) is 0 Å². The summed E-state index contributed by atoms with van der Waals surface area (Å²) < 4.78 is 33.4. The molecule has 0 saturated carbocycles. The van der Waals surface area contributed by atoms with E-state index in [4.69, 9.17) is 0 Å². The summed E-state index contributed by atoms with van der Waals surface area (Å²) >= 11 is 0. The van der Waals surface area contributed by atoms with Gasteiger partial charge in [0, 0.05) is 67.1 Å². The standard InChI is InChI=1S/C60H42F2N4/c61-43-23-31-49(32-24-43)63(51-35-37-59-55(39-51)53-15-7-9-17-57(53)65(59)45-11-3-1-4-12-45)47-27-19-41(20-28-47)42-21-29-48(30-22-42)64(50-33-25-44(62)26-34-50)52-36-38-60-56(40-52)54-16-8-10-18-58(54)66(60)46-13-5-2-6-14-46/h1,3-5,7-40H,2,6H2. The molecule has 316 valence electrons. The quantitative estimate of drug-likeness (QED) is 0.144. The van der Waals surface area contributed by atoms with Gasteiger partial charge in [-0.15, -0.1) is 0 Å². The summed E-state index contributed by atoms with van der Waals surface area (Å²) in [6.07, 6.45) is 8.85. The molecule has 9 aromatic carbocycles. The Morgan fingerprint density at radius 2 is 0.758 bits per heavy atom. The Balaban J connectivity index is 0.908. The highest BCUT2D eigenvalue weighted by Crippen LogP contribution is 2.43. The fraction of sp³-hybridized carbons (Fsp3) is 0.0333. The maximum Gasteiger partial charge on any atom is 0.123 e. The first-order valence-corrected chi connectivity index (χ1v) is 22.4. The summed E-state index contributed by atoms with van der Waals surface area (Å²) in [5, 5.41) is 4.63. The molecule has 1 aliphatic rings. The fourth-order valence-electron chi connectivity index (χ4n) is 9.78. The molecule has 0 saturated heterocycles. The third-order valence-electron chi connectivity index (χ3n) is 12.8. The van der Waals surface area contributed by atoms with Gasteiger partial charge in [0.1, 0.15) is 11.6 Å². The summed E-state index contributed by atoms with van der Waals surface area (Å²) in [5.74, 6) is -0.561. The van der Waals surface area contributed by atoms with Crippen molar-refractivity contribution in [3.8, 4) is 16.8 Å². The van der Waals surface area contributed by atoms with Gasteiger partial charge in [0.2, 0.25) is 0 Å². The molecule has 2 heterocycles. The van der Waals surface area contributed by atoms with Gasteiger partial charge in [0.05, 0.1) is 22.1 Å². The van der Waals surface area contributed by atoms with E-state index in [1.54, 1.807) is 0 Å². The summed E-state index contributed by atoms with van der Waals surface area (Å²) in [6, 6.07) is 71.1. The van der Waals surface area contributed by atoms with E-state index in [0.717, 1.165) is 96.5 Å². The summed E-state index contributed by atoms with van der Waals surface area (Å²) in [6.45, 7) is 0. The number of nitrogens with zero attached hydrogens (tertiary/aromatic N) is 4. The van der Waals surface area contributed by atoms with Gasteiger partial charge in [-0.2, -0.15) is 0 Å². The first-order chi connectivity index (χ1) is 32.6. The van der Waals surface area contributed by atoms with Crippen LogP contribution >= 0.6 is 0 Å². The van der Waals surface area contributed by atoms with E-state index in [2.05, 4.69) is 195 Å². The average molecular weight is 857 g/mol. The highest BCUT2D eigenvalue weighted by atomic mass is 19.1. The van der Waals surface area contributed by atoms with Crippen LogP contribution in [0, 0.1) is 11.6 Å². The minimum Gasteiger partial charge on any atom is -0.310 e. The van der Waals surface area contributed by atoms with Crippen molar-refractivity contribution in [2.75, 3.05) is 9.80 Å². The van der Waals surface area contributed by atoms with Crippen LogP contribution in [0.1, 0.15) is 12.8 Å². The van der Waals surface area contributed by atoms with Crippen LogP contribution in [-0.4, -0.2) is 9.13 Å². The van der Waals surface area contributed by atoms with Crippen molar-refractivity contribution in [1.82, 2.24) is 9.13 Å². The number of hydrogen-bond acceptors (Lipinski definition) is 2. The molecule has 0 fully saturated rings. The largest absolute Gasteiger partial charge is 0.310 e. The van der Waals surface area contributed by atoms with E-state index < -0.39 is 0 Å². The van der Waals surface area contributed by atoms with Crippen molar-refractivity contribution in [2.24, 2.45) is 0 Å². The number of halogens is 2. The van der Waals surface area contributed by atoms with Crippen molar-refractivity contribution >= 4 is 83.4 Å². The van der Waals surface area contributed by atoms with Crippen LogP contribution in [-0.2, 0) is 0 Å². The third-order valence-corrected chi connectivity index (χ3v) is 12.8. The smallest absolute Gasteiger partial charge is 0.123 e. The van der Waals surface area contributed by atoms with E-state index in [1.165, 1.54) is 40.9 Å². The second-order valence-corrected chi connectivity index (χ2v) is 16.8. The molecule has 1 aliphatic carbocycles. The Bertz CT molecular complexity index is 3640. The minimum atomic E-state index is -0.282. The van der Waals surface area contributed by atoms with E-state index in [1.807, 2.05) is 30.3 Å². The first-order valence-electron chi connectivity index (χ1n) is 22.4. The molecule has 0 radical (unpaired) electrons. The molecule has 66 heavy (non-hydrogen) atoms. The number of allylic oxidation sites excluding steroid dienone is 4. The molecule has 2 aromatic heterocycles. The van der Waals surface area contributed by atoms with E-state index in [9.17, 15) is 8.78 Å². The van der Waals surface area contributed by atoms with Crippen molar-refractivity contribution in [3.63, 3.8) is 0 Å². The molecule has 0 N–H and O–H groups in total. The maximum atomic E-state index is 14.4. The molecule has 12 rings (SSSR count). The Morgan fingerprint density at radius 3 is 1.24 bits per heavy atom. The molecule has 6 heteroatoms. The lowest BCUT2D eigenvalue weighted by molar-refractivity contribution is 0.627. The normalized spacial score (nSPS) is 12.6. The minimum absolute atomic E-state index is 0.279. The SMILES string of the molecule is Fc1ccc(N(c2ccc(-c3ccc(N(c4ccc(F)cc4)c4ccc5c(c4)c4ccccc4n5-c4ccccc4)cc3)cc2)c2ccc3c(c2)c2ccccc2n3C2=CCCC=C2)cc1. The fourth-order valence-corrected chi connectivity index (χ4v) is 9.78.